The quantitative estimate of drug-likeness (QED) is 0.537. The van der Waals surface area contributed by atoms with E-state index in [1.165, 1.54) is 53.9 Å². The summed E-state index contributed by atoms with van der Waals surface area (Å²) in [5.74, 6) is -1.05. The number of aryl methyl sites for hydroxylation is 1. The van der Waals surface area contributed by atoms with Gasteiger partial charge in [-0.1, -0.05) is 29.8 Å². The monoisotopic (exact) mass is 484 g/mol. The van der Waals surface area contributed by atoms with Crippen LogP contribution in [0.2, 0.25) is 5.02 Å². The van der Waals surface area contributed by atoms with Crippen LogP contribution in [0.15, 0.2) is 71.6 Å². The highest BCUT2D eigenvalue weighted by Crippen LogP contribution is 2.32. The van der Waals surface area contributed by atoms with Gasteiger partial charge in [0.1, 0.15) is 0 Å². The molecule has 33 heavy (non-hydrogen) atoms. The van der Waals surface area contributed by atoms with Crippen LogP contribution < -0.4 is 9.62 Å². The van der Waals surface area contributed by atoms with Gasteiger partial charge >= 0.3 is 5.97 Å². The van der Waals surface area contributed by atoms with E-state index >= 15 is 0 Å². The number of halogens is 1. The smallest absolute Gasteiger partial charge is 0.337 e. The molecule has 0 unspecified atom stereocenters. The van der Waals surface area contributed by atoms with Crippen molar-refractivity contribution in [1.82, 2.24) is 0 Å². The number of amides is 1. The Bertz CT molecular complexity index is 1320. The molecular formula is C24H21ClN2O5S. The summed E-state index contributed by atoms with van der Waals surface area (Å²) in [6.07, 6.45) is 1.57. The van der Waals surface area contributed by atoms with Gasteiger partial charge in [-0.2, -0.15) is 0 Å². The molecular weight excluding hydrogens is 464 g/mol. The van der Waals surface area contributed by atoms with E-state index in [9.17, 15) is 18.0 Å². The van der Waals surface area contributed by atoms with Crippen molar-refractivity contribution in [1.29, 1.82) is 0 Å². The van der Waals surface area contributed by atoms with Crippen LogP contribution in [0, 0.1) is 0 Å². The summed E-state index contributed by atoms with van der Waals surface area (Å²) in [4.78, 5) is 24.5. The lowest BCUT2D eigenvalue weighted by Gasteiger charge is -2.30. The van der Waals surface area contributed by atoms with Gasteiger partial charge in [0.25, 0.3) is 15.9 Å². The summed E-state index contributed by atoms with van der Waals surface area (Å²) < 4.78 is 32.6. The normalized spacial score (nSPS) is 13.2. The van der Waals surface area contributed by atoms with E-state index in [1.54, 1.807) is 6.07 Å². The van der Waals surface area contributed by atoms with Crippen molar-refractivity contribution < 1.29 is 22.7 Å². The number of benzene rings is 3. The highest BCUT2D eigenvalue weighted by Gasteiger charge is 2.29. The number of nitrogens with zero attached hydrogens (tertiary/aromatic N) is 1. The topological polar surface area (TPSA) is 92.8 Å². The standard InChI is InChI=1S/C24H21ClN2O5S/c1-32-24(29)18-10-13-20(25)21(15-18)26-23(28)17-8-11-19(12-9-17)33(30,31)27-14-4-6-16-5-2-3-7-22(16)27/h2-3,5,7-13,15H,4,6,14H2,1H3,(H,26,28). The zero-order valence-corrected chi connectivity index (χ0v) is 19.3. The van der Waals surface area contributed by atoms with Crippen LogP contribution in [0.3, 0.4) is 0 Å². The van der Waals surface area contributed by atoms with Crippen molar-refractivity contribution in [3.8, 4) is 0 Å². The molecule has 1 N–H and O–H groups in total. The van der Waals surface area contributed by atoms with Crippen molar-refractivity contribution in [2.24, 2.45) is 0 Å². The Balaban J connectivity index is 1.56. The molecule has 9 heteroatoms. The van der Waals surface area contributed by atoms with E-state index in [0.717, 1.165) is 18.4 Å². The highest BCUT2D eigenvalue weighted by molar-refractivity contribution is 7.92. The van der Waals surface area contributed by atoms with Gasteiger partial charge in [-0.25, -0.2) is 13.2 Å². The molecule has 0 saturated heterocycles. The number of methoxy groups -OCH3 is 1. The molecule has 3 aromatic carbocycles. The van der Waals surface area contributed by atoms with Gasteiger partial charge < -0.3 is 10.1 Å². The molecule has 1 heterocycles. The number of sulfonamides is 1. The third kappa shape index (κ3) is 4.58. The Morgan fingerprint density at radius 1 is 1.00 bits per heavy atom. The molecule has 0 aromatic heterocycles. The fraction of sp³-hybridized carbons (Fsp3) is 0.167. The first-order chi connectivity index (χ1) is 15.8. The minimum atomic E-state index is -3.77. The lowest BCUT2D eigenvalue weighted by atomic mass is 10.0. The lowest BCUT2D eigenvalue weighted by molar-refractivity contribution is 0.0600. The first-order valence-electron chi connectivity index (χ1n) is 10.2. The van der Waals surface area contributed by atoms with E-state index in [2.05, 4.69) is 10.1 Å². The van der Waals surface area contributed by atoms with Crippen molar-refractivity contribution >= 4 is 44.9 Å². The molecule has 4 rings (SSSR count). The SMILES string of the molecule is COC(=O)c1ccc(Cl)c(NC(=O)c2ccc(S(=O)(=O)N3CCCc4ccccc43)cc2)c1. The van der Waals surface area contributed by atoms with E-state index in [-0.39, 0.29) is 26.7 Å². The summed E-state index contributed by atoms with van der Waals surface area (Å²) in [7, 11) is -2.52. The third-order valence-electron chi connectivity index (χ3n) is 5.41. The van der Waals surface area contributed by atoms with Crippen LogP contribution in [0.1, 0.15) is 32.7 Å². The molecule has 1 aliphatic heterocycles. The number of fused-ring (bicyclic) bond motifs is 1. The van der Waals surface area contributed by atoms with E-state index in [0.29, 0.717) is 12.2 Å². The van der Waals surface area contributed by atoms with Crippen molar-refractivity contribution in [3.05, 3.63) is 88.4 Å². The van der Waals surface area contributed by atoms with Crippen molar-refractivity contribution in [2.45, 2.75) is 17.7 Å². The summed E-state index contributed by atoms with van der Waals surface area (Å²) in [6, 6.07) is 17.5. The molecule has 7 nitrogen and oxygen atoms in total. The maximum absolute atomic E-state index is 13.3. The van der Waals surface area contributed by atoms with Crippen LogP contribution in [0.4, 0.5) is 11.4 Å². The molecule has 0 aliphatic carbocycles. The van der Waals surface area contributed by atoms with Gasteiger partial charge in [0.05, 0.1) is 34.0 Å². The zero-order chi connectivity index (χ0) is 23.6. The molecule has 1 amide bonds. The molecule has 0 fully saturated rings. The Morgan fingerprint density at radius 3 is 2.42 bits per heavy atom. The maximum atomic E-state index is 13.3. The fourth-order valence-electron chi connectivity index (χ4n) is 3.71. The first kappa shape index (κ1) is 22.8. The average Bonchev–Trinajstić information content (AvgIpc) is 2.84. The van der Waals surface area contributed by atoms with Crippen LogP contribution in [0.25, 0.3) is 0 Å². The molecule has 170 valence electrons. The number of carbonyl (C=O) groups excluding carboxylic acids is 2. The summed E-state index contributed by atoms with van der Waals surface area (Å²) in [5, 5.41) is 2.89. The summed E-state index contributed by atoms with van der Waals surface area (Å²) in [5.41, 5.74) is 2.40. The minimum absolute atomic E-state index is 0.0986. The number of ether oxygens (including phenoxy) is 1. The number of para-hydroxylation sites is 1. The molecule has 0 spiro atoms. The predicted molar refractivity (Wildman–Crippen MR) is 126 cm³/mol. The second kappa shape index (κ2) is 9.25. The number of anilines is 2. The number of carbonyl (C=O) groups is 2. The Hall–Kier alpha value is -3.36. The first-order valence-corrected chi connectivity index (χ1v) is 12.0. The van der Waals surface area contributed by atoms with E-state index < -0.39 is 21.9 Å². The van der Waals surface area contributed by atoms with Gasteiger partial charge in [-0.15, -0.1) is 0 Å². The van der Waals surface area contributed by atoms with Crippen molar-refractivity contribution in [2.75, 3.05) is 23.3 Å². The van der Waals surface area contributed by atoms with Gasteiger partial charge in [0.2, 0.25) is 0 Å². The van der Waals surface area contributed by atoms with E-state index in [1.807, 2.05) is 18.2 Å². The Morgan fingerprint density at radius 2 is 1.70 bits per heavy atom. The minimum Gasteiger partial charge on any atom is -0.465 e. The maximum Gasteiger partial charge on any atom is 0.337 e. The molecule has 0 radical (unpaired) electrons. The van der Waals surface area contributed by atoms with Crippen molar-refractivity contribution in [3.63, 3.8) is 0 Å². The Labute approximate surface area is 197 Å². The van der Waals surface area contributed by atoms with Gasteiger partial charge in [0.15, 0.2) is 0 Å². The largest absolute Gasteiger partial charge is 0.465 e. The van der Waals surface area contributed by atoms with E-state index in [4.69, 9.17) is 11.6 Å². The summed E-state index contributed by atoms with van der Waals surface area (Å²) in [6.45, 7) is 0.399. The molecule has 3 aromatic rings. The van der Waals surface area contributed by atoms with Crippen LogP contribution in [-0.4, -0.2) is 33.9 Å². The number of hydrogen-bond donors (Lipinski definition) is 1. The number of nitrogens with one attached hydrogen (secondary N) is 1. The lowest BCUT2D eigenvalue weighted by Crippen LogP contribution is -2.35. The number of esters is 1. The molecule has 0 saturated carbocycles. The predicted octanol–water partition coefficient (Wildman–Crippen LogP) is 4.52. The van der Waals surface area contributed by atoms with Gasteiger partial charge in [-0.05, 0) is 66.9 Å². The van der Waals surface area contributed by atoms with Gasteiger partial charge in [0, 0.05) is 12.1 Å². The fourth-order valence-corrected chi connectivity index (χ4v) is 5.42. The van der Waals surface area contributed by atoms with Crippen LogP contribution in [-0.2, 0) is 21.2 Å². The molecule has 1 aliphatic rings. The number of hydrogen-bond acceptors (Lipinski definition) is 5. The third-order valence-corrected chi connectivity index (χ3v) is 7.56. The second-order valence-corrected chi connectivity index (χ2v) is 9.74. The van der Waals surface area contributed by atoms with Crippen LogP contribution >= 0.6 is 11.6 Å². The van der Waals surface area contributed by atoms with Crippen LogP contribution in [0.5, 0.6) is 0 Å². The summed E-state index contributed by atoms with van der Waals surface area (Å²) >= 11 is 6.14. The zero-order valence-electron chi connectivity index (χ0n) is 17.7. The number of rotatable bonds is 5. The molecule has 0 bridgehead atoms. The average molecular weight is 485 g/mol. The molecule has 0 atom stereocenters. The second-order valence-electron chi connectivity index (χ2n) is 7.47. The van der Waals surface area contributed by atoms with Gasteiger partial charge in [-0.3, -0.25) is 9.10 Å². The Kier molecular flexibility index (Phi) is 6.40. The highest BCUT2D eigenvalue weighted by atomic mass is 35.5.